The lowest BCUT2D eigenvalue weighted by atomic mass is 9.82. The van der Waals surface area contributed by atoms with Crippen molar-refractivity contribution in [2.45, 2.75) is 19.3 Å². The summed E-state index contributed by atoms with van der Waals surface area (Å²) in [6.07, 6.45) is 0. The maximum absolute atomic E-state index is 6.21. The maximum Gasteiger partial charge on any atom is 0.227 e. The summed E-state index contributed by atoms with van der Waals surface area (Å²) in [5.41, 5.74) is 15.9. The number of hydrogen-bond acceptors (Lipinski definition) is 3. The van der Waals surface area contributed by atoms with Crippen molar-refractivity contribution in [1.29, 1.82) is 0 Å². The third-order valence-corrected chi connectivity index (χ3v) is 10.9. The normalized spacial score (nSPS) is 12.9. The average molecular weight is 681 g/mol. The minimum Gasteiger partial charge on any atom is -0.436 e. The smallest absolute Gasteiger partial charge is 0.227 e. The van der Waals surface area contributed by atoms with E-state index in [4.69, 9.17) is 9.40 Å². The van der Waals surface area contributed by atoms with Crippen LogP contribution in [0.3, 0.4) is 0 Å². The first kappa shape index (κ1) is 31.1. The topological polar surface area (TPSA) is 29.3 Å². The van der Waals surface area contributed by atoms with E-state index in [1.165, 1.54) is 33.4 Å². The molecule has 9 aromatic rings. The van der Waals surface area contributed by atoms with Gasteiger partial charge in [-0.1, -0.05) is 135 Å². The Morgan fingerprint density at radius 2 is 1.06 bits per heavy atom. The van der Waals surface area contributed by atoms with Gasteiger partial charge in [0.15, 0.2) is 5.58 Å². The molecule has 53 heavy (non-hydrogen) atoms. The third kappa shape index (κ3) is 5.24. The number of oxazole rings is 1. The van der Waals surface area contributed by atoms with Crippen LogP contribution in [0.5, 0.6) is 0 Å². The first-order valence-electron chi connectivity index (χ1n) is 18.2. The van der Waals surface area contributed by atoms with E-state index >= 15 is 0 Å². The summed E-state index contributed by atoms with van der Waals surface area (Å²) in [7, 11) is 0. The lowest BCUT2D eigenvalue weighted by molar-refractivity contribution is 0.620. The molecule has 0 saturated heterocycles. The van der Waals surface area contributed by atoms with Gasteiger partial charge in [0.1, 0.15) is 5.52 Å². The molecule has 252 valence electrons. The van der Waals surface area contributed by atoms with Gasteiger partial charge in [0.2, 0.25) is 5.89 Å². The van der Waals surface area contributed by atoms with Crippen LogP contribution in [0.15, 0.2) is 186 Å². The Labute approximate surface area is 309 Å². The van der Waals surface area contributed by atoms with Crippen molar-refractivity contribution in [3.8, 4) is 44.8 Å². The van der Waals surface area contributed by atoms with Gasteiger partial charge < -0.3 is 9.32 Å². The lowest BCUT2D eigenvalue weighted by Crippen LogP contribution is -2.15. The zero-order valence-corrected chi connectivity index (χ0v) is 29.6. The molecule has 1 aliphatic carbocycles. The van der Waals surface area contributed by atoms with Gasteiger partial charge in [-0.3, -0.25) is 0 Å². The average Bonchev–Trinajstić information content (AvgIpc) is 3.76. The summed E-state index contributed by atoms with van der Waals surface area (Å²) in [5.74, 6) is 0.637. The Morgan fingerprint density at radius 3 is 1.87 bits per heavy atom. The fraction of sp³-hybridized carbons (Fsp3) is 0.0600. The first-order valence-corrected chi connectivity index (χ1v) is 18.2. The molecule has 0 aliphatic heterocycles. The molecule has 10 rings (SSSR count). The summed E-state index contributed by atoms with van der Waals surface area (Å²) in [5, 5.41) is 2.22. The van der Waals surface area contributed by atoms with Crippen molar-refractivity contribution in [2.75, 3.05) is 4.90 Å². The molecule has 0 atom stereocenters. The van der Waals surface area contributed by atoms with Gasteiger partial charge in [0, 0.05) is 33.4 Å². The monoisotopic (exact) mass is 680 g/mol. The second kappa shape index (κ2) is 12.2. The van der Waals surface area contributed by atoms with E-state index in [2.05, 4.69) is 164 Å². The van der Waals surface area contributed by atoms with Crippen LogP contribution in [0.1, 0.15) is 25.0 Å². The summed E-state index contributed by atoms with van der Waals surface area (Å²) in [6.45, 7) is 4.67. The fourth-order valence-electron chi connectivity index (χ4n) is 8.15. The first-order chi connectivity index (χ1) is 26.0. The molecule has 3 nitrogen and oxygen atoms in total. The van der Waals surface area contributed by atoms with Gasteiger partial charge in [0.05, 0.1) is 0 Å². The molecule has 0 spiro atoms. The van der Waals surface area contributed by atoms with Crippen LogP contribution < -0.4 is 4.90 Å². The second-order valence-electron chi connectivity index (χ2n) is 14.4. The molecule has 1 heterocycles. The fourth-order valence-corrected chi connectivity index (χ4v) is 8.15. The zero-order chi connectivity index (χ0) is 35.5. The summed E-state index contributed by atoms with van der Waals surface area (Å²) >= 11 is 0. The predicted molar refractivity (Wildman–Crippen MR) is 220 cm³/mol. The van der Waals surface area contributed by atoms with Crippen molar-refractivity contribution < 1.29 is 4.42 Å². The number of anilines is 3. The second-order valence-corrected chi connectivity index (χ2v) is 14.4. The molecule has 0 bridgehead atoms. The molecule has 1 aliphatic rings. The Balaban J connectivity index is 1.08. The number of rotatable bonds is 6. The van der Waals surface area contributed by atoms with Crippen molar-refractivity contribution in [2.24, 2.45) is 0 Å². The molecular weight excluding hydrogens is 645 g/mol. The zero-order valence-electron chi connectivity index (χ0n) is 29.6. The number of aromatic nitrogens is 1. The van der Waals surface area contributed by atoms with E-state index in [-0.39, 0.29) is 5.41 Å². The van der Waals surface area contributed by atoms with Crippen LogP contribution in [-0.4, -0.2) is 4.98 Å². The molecule has 8 aromatic carbocycles. The van der Waals surface area contributed by atoms with Crippen molar-refractivity contribution in [1.82, 2.24) is 4.98 Å². The van der Waals surface area contributed by atoms with Gasteiger partial charge in [-0.05, 0) is 111 Å². The standard InChI is InChI=1S/C50H36N2O/c1-50(2)45-19-10-9-18-42(45)44-32-41(27-28-46(44)50)52(40-17-11-16-37(30-40)33-12-5-3-6-13-33)39-25-22-34(23-26-39)38-21-20-35-24-29-47-48(43(35)31-38)51-49(53-47)36-14-7-4-8-15-36/h3-32H,1-2H3. The van der Waals surface area contributed by atoms with Crippen molar-refractivity contribution >= 4 is 38.9 Å². The summed E-state index contributed by atoms with van der Waals surface area (Å²) < 4.78 is 6.21. The van der Waals surface area contributed by atoms with Crippen LogP contribution in [0.25, 0.3) is 66.7 Å². The van der Waals surface area contributed by atoms with Gasteiger partial charge >= 0.3 is 0 Å². The molecular formula is C50H36N2O. The van der Waals surface area contributed by atoms with E-state index in [9.17, 15) is 0 Å². The van der Waals surface area contributed by atoms with Crippen molar-refractivity contribution in [3.05, 3.63) is 193 Å². The number of fused-ring (bicyclic) bond motifs is 6. The molecule has 0 unspecified atom stereocenters. The van der Waals surface area contributed by atoms with E-state index < -0.39 is 0 Å². The molecule has 0 fully saturated rings. The number of nitrogens with zero attached hydrogens (tertiary/aromatic N) is 2. The van der Waals surface area contributed by atoms with Gasteiger partial charge in [-0.2, -0.15) is 0 Å². The molecule has 0 radical (unpaired) electrons. The highest BCUT2D eigenvalue weighted by Gasteiger charge is 2.35. The van der Waals surface area contributed by atoms with Gasteiger partial charge in [0.25, 0.3) is 0 Å². The number of benzene rings is 8. The van der Waals surface area contributed by atoms with Gasteiger partial charge in [-0.15, -0.1) is 0 Å². The van der Waals surface area contributed by atoms with Gasteiger partial charge in [-0.25, -0.2) is 4.98 Å². The summed E-state index contributed by atoms with van der Waals surface area (Å²) in [4.78, 5) is 7.34. The summed E-state index contributed by atoms with van der Waals surface area (Å²) in [6, 6.07) is 65.1. The SMILES string of the molecule is CC1(C)c2ccccc2-c2cc(N(c3ccc(-c4ccc5ccc6oc(-c7ccccc7)nc6c5c4)cc3)c3cccc(-c4ccccc4)c3)ccc21. The Bertz CT molecular complexity index is 2800. The van der Waals surface area contributed by atoms with Crippen LogP contribution >= 0.6 is 0 Å². The third-order valence-electron chi connectivity index (χ3n) is 10.9. The number of hydrogen-bond donors (Lipinski definition) is 0. The highest BCUT2D eigenvalue weighted by molar-refractivity contribution is 6.05. The predicted octanol–water partition coefficient (Wildman–Crippen LogP) is 13.8. The Kier molecular flexibility index (Phi) is 7.16. The lowest BCUT2D eigenvalue weighted by Gasteiger charge is -2.28. The van der Waals surface area contributed by atoms with Crippen LogP contribution in [0.4, 0.5) is 17.1 Å². The van der Waals surface area contributed by atoms with E-state index in [1.54, 1.807) is 0 Å². The molecule has 0 amide bonds. The highest BCUT2D eigenvalue weighted by Crippen LogP contribution is 2.50. The van der Waals surface area contributed by atoms with Crippen LogP contribution in [-0.2, 0) is 5.41 Å². The van der Waals surface area contributed by atoms with Crippen LogP contribution in [0.2, 0.25) is 0 Å². The molecule has 0 N–H and O–H groups in total. The molecule has 3 heteroatoms. The van der Waals surface area contributed by atoms with Crippen molar-refractivity contribution in [3.63, 3.8) is 0 Å². The molecule has 0 saturated carbocycles. The highest BCUT2D eigenvalue weighted by atomic mass is 16.3. The van der Waals surface area contributed by atoms with E-state index in [1.807, 2.05) is 36.4 Å². The largest absolute Gasteiger partial charge is 0.436 e. The maximum atomic E-state index is 6.21. The Hall–Kier alpha value is -6.71. The minimum absolute atomic E-state index is 0.0509. The quantitative estimate of drug-likeness (QED) is 0.175. The van der Waals surface area contributed by atoms with E-state index in [0.717, 1.165) is 55.6 Å². The van der Waals surface area contributed by atoms with Crippen LogP contribution in [0, 0.1) is 0 Å². The minimum atomic E-state index is -0.0509. The molecule has 1 aromatic heterocycles. The Morgan fingerprint density at radius 1 is 0.453 bits per heavy atom. The van der Waals surface area contributed by atoms with E-state index in [0.29, 0.717) is 5.89 Å².